The largest absolute Gasteiger partial charge is 0.497 e. The van der Waals surface area contributed by atoms with E-state index in [1.165, 1.54) is 0 Å². The van der Waals surface area contributed by atoms with Crippen molar-refractivity contribution in [3.8, 4) is 5.75 Å². The molecule has 0 radical (unpaired) electrons. The van der Waals surface area contributed by atoms with Gasteiger partial charge in [-0.3, -0.25) is 4.79 Å². The predicted octanol–water partition coefficient (Wildman–Crippen LogP) is 2.33. The van der Waals surface area contributed by atoms with Gasteiger partial charge in [-0.05, 0) is 32.0 Å². The molecule has 1 aliphatic rings. The Balaban J connectivity index is 2.42. The third-order valence-corrected chi connectivity index (χ3v) is 3.13. The third-order valence-electron chi connectivity index (χ3n) is 3.13. The maximum Gasteiger partial charge on any atom is 0.257 e. The molecule has 18 heavy (non-hydrogen) atoms. The van der Waals surface area contributed by atoms with Crippen molar-refractivity contribution >= 4 is 17.2 Å². The zero-order chi connectivity index (χ0) is 13.1. The summed E-state index contributed by atoms with van der Waals surface area (Å²) in [4.78, 5) is 14.1. The lowest BCUT2D eigenvalue weighted by Gasteiger charge is -2.16. The maximum atomic E-state index is 12.0. The van der Waals surface area contributed by atoms with Gasteiger partial charge in [0.2, 0.25) is 0 Å². The Morgan fingerprint density at radius 1 is 1.33 bits per heavy atom. The van der Waals surface area contributed by atoms with Crippen LogP contribution in [0.1, 0.15) is 19.4 Å². The molecule has 4 heteroatoms. The fourth-order valence-electron chi connectivity index (χ4n) is 2.01. The molecule has 0 saturated heterocycles. The van der Waals surface area contributed by atoms with Crippen LogP contribution in [-0.4, -0.2) is 31.0 Å². The van der Waals surface area contributed by atoms with E-state index in [2.05, 4.69) is 24.1 Å². The van der Waals surface area contributed by atoms with E-state index in [1.807, 2.05) is 24.4 Å². The molecule has 0 atom stereocenters. The number of hydrogen-bond donors (Lipinski definition) is 1. The summed E-state index contributed by atoms with van der Waals surface area (Å²) in [5, 5.41) is 2.86. The molecule has 0 spiro atoms. The highest BCUT2D eigenvalue weighted by Gasteiger charge is 2.25. The SMILES string of the molecule is CCN(/C=C1/C(=O)Nc2ccc(OC)cc21)CC. The lowest BCUT2D eigenvalue weighted by molar-refractivity contribution is -0.110. The molecule has 0 aromatic heterocycles. The van der Waals surface area contributed by atoms with Gasteiger partial charge in [-0.2, -0.15) is 0 Å². The van der Waals surface area contributed by atoms with Gasteiger partial charge in [-0.15, -0.1) is 0 Å². The molecule has 0 fully saturated rings. The summed E-state index contributed by atoms with van der Waals surface area (Å²) in [6.07, 6.45) is 1.92. The second kappa shape index (κ2) is 5.12. The maximum absolute atomic E-state index is 12.0. The molecule has 0 aliphatic carbocycles. The molecule has 1 aromatic carbocycles. The summed E-state index contributed by atoms with van der Waals surface area (Å²) in [5.74, 6) is 0.709. The Morgan fingerprint density at radius 2 is 2.06 bits per heavy atom. The number of methoxy groups -OCH3 is 1. The first kappa shape index (κ1) is 12.5. The van der Waals surface area contributed by atoms with Crippen molar-refractivity contribution in [1.82, 2.24) is 4.90 Å². The van der Waals surface area contributed by atoms with Gasteiger partial charge in [0.1, 0.15) is 5.75 Å². The molecule has 0 unspecified atom stereocenters. The van der Waals surface area contributed by atoms with Crippen LogP contribution in [0.25, 0.3) is 5.57 Å². The number of hydrogen-bond acceptors (Lipinski definition) is 3. The average molecular weight is 246 g/mol. The monoisotopic (exact) mass is 246 g/mol. The number of carbonyl (C=O) groups is 1. The van der Waals surface area contributed by atoms with Crippen LogP contribution < -0.4 is 10.1 Å². The number of fused-ring (bicyclic) bond motifs is 1. The van der Waals surface area contributed by atoms with Crippen LogP contribution in [0.5, 0.6) is 5.75 Å². The first-order valence-electron chi connectivity index (χ1n) is 6.15. The van der Waals surface area contributed by atoms with E-state index in [4.69, 9.17) is 4.74 Å². The summed E-state index contributed by atoms with van der Waals surface area (Å²) in [5.41, 5.74) is 2.46. The second-order valence-electron chi connectivity index (χ2n) is 4.13. The van der Waals surface area contributed by atoms with Crippen molar-refractivity contribution in [2.45, 2.75) is 13.8 Å². The molecule has 1 N–H and O–H groups in total. The summed E-state index contributed by atoms with van der Waals surface area (Å²) >= 11 is 0. The van der Waals surface area contributed by atoms with E-state index in [-0.39, 0.29) is 5.91 Å². The second-order valence-corrected chi connectivity index (χ2v) is 4.13. The number of ether oxygens (including phenoxy) is 1. The number of nitrogens with zero attached hydrogens (tertiary/aromatic N) is 1. The first-order valence-corrected chi connectivity index (χ1v) is 6.15. The molecule has 0 bridgehead atoms. The topological polar surface area (TPSA) is 41.6 Å². The summed E-state index contributed by atoms with van der Waals surface area (Å²) in [7, 11) is 1.62. The van der Waals surface area contributed by atoms with Gasteiger partial charge >= 0.3 is 0 Å². The van der Waals surface area contributed by atoms with E-state index in [0.717, 1.165) is 30.1 Å². The van der Waals surface area contributed by atoms with E-state index >= 15 is 0 Å². The third kappa shape index (κ3) is 2.18. The van der Waals surface area contributed by atoms with E-state index in [0.29, 0.717) is 5.57 Å². The van der Waals surface area contributed by atoms with Crippen molar-refractivity contribution in [2.75, 3.05) is 25.5 Å². The molecule has 4 nitrogen and oxygen atoms in total. The molecular weight excluding hydrogens is 228 g/mol. The minimum Gasteiger partial charge on any atom is -0.497 e. The highest BCUT2D eigenvalue weighted by Crippen LogP contribution is 2.34. The van der Waals surface area contributed by atoms with Crippen LogP contribution in [0.15, 0.2) is 24.4 Å². The number of benzene rings is 1. The van der Waals surface area contributed by atoms with E-state index in [1.54, 1.807) is 7.11 Å². The van der Waals surface area contributed by atoms with Crippen molar-refractivity contribution in [2.24, 2.45) is 0 Å². The highest BCUT2D eigenvalue weighted by atomic mass is 16.5. The number of anilines is 1. The smallest absolute Gasteiger partial charge is 0.257 e. The minimum atomic E-state index is -0.0508. The number of rotatable bonds is 4. The van der Waals surface area contributed by atoms with Crippen molar-refractivity contribution in [1.29, 1.82) is 0 Å². The Kier molecular flexibility index (Phi) is 3.55. The molecular formula is C14H18N2O2. The zero-order valence-electron chi connectivity index (χ0n) is 11.0. The van der Waals surface area contributed by atoms with Crippen LogP contribution in [0, 0.1) is 0 Å². The molecule has 2 rings (SSSR count). The lowest BCUT2D eigenvalue weighted by Crippen LogP contribution is -2.17. The lowest BCUT2D eigenvalue weighted by atomic mass is 10.1. The summed E-state index contributed by atoms with van der Waals surface area (Å²) in [6, 6.07) is 5.61. The van der Waals surface area contributed by atoms with Gasteiger partial charge in [0.05, 0.1) is 12.7 Å². The van der Waals surface area contributed by atoms with Crippen molar-refractivity contribution in [3.63, 3.8) is 0 Å². The molecule has 1 aromatic rings. The summed E-state index contributed by atoms with van der Waals surface area (Å²) < 4.78 is 5.20. The van der Waals surface area contributed by atoms with Gasteiger partial charge in [0.25, 0.3) is 5.91 Å². The Bertz CT molecular complexity index is 491. The summed E-state index contributed by atoms with van der Waals surface area (Å²) in [6.45, 7) is 5.90. The molecule has 0 saturated carbocycles. The van der Waals surface area contributed by atoms with Gasteiger partial charge in [0, 0.05) is 30.5 Å². The van der Waals surface area contributed by atoms with Gasteiger partial charge in [0.15, 0.2) is 0 Å². The van der Waals surface area contributed by atoms with Gasteiger partial charge in [-0.25, -0.2) is 0 Å². The average Bonchev–Trinajstić information content (AvgIpc) is 2.70. The Labute approximate surface area is 107 Å². The van der Waals surface area contributed by atoms with Crippen LogP contribution in [0.4, 0.5) is 5.69 Å². The standard InChI is InChI=1S/C14H18N2O2/c1-4-16(5-2)9-12-11-8-10(18-3)6-7-13(11)15-14(12)17/h6-9H,4-5H2,1-3H3,(H,15,17)/b12-9+. The number of amides is 1. The van der Waals surface area contributed by atoms with Crippen molar-refractivity contribution < 1.29 is 9.53 Å². The fourth-order valence-corrected chi connectivity index (χ4v) is 2.01. The van der Waals surface area contributed by atoms with Crippen molar-refractivity contribution in [3.05, 3.63) is 30.0 Å². The molecule has 1 amide bonds. The Hall–Kier alpha value is -1.97. The molecule has 1 heterocycles. The zero-order valence-corrected chi connectivity index (χ0v) is 11.0. The quantitative estimate of drug-likeness (QED) is 0.829. The van der Waals surface area contributed by atoms with Crippen LogP contribution in [0.2, 0.25) is 0 Å². The molecule has 1 aliphatic heterocycles. The normalized spacial score (nSPS) is 15.5. The van der Waals surface area contributed by atoms with Crippen LogP contribution >= 0.6 is 0 Å². The fraction of sp³-hybridized carbons (Fsp3) is 0.357. The van der Waals surface area contributed by atoms with Gasteiger partial charge in [-0.1, -0.05) is 0 Å². The van der Waals surface area contributed by atoms with Gasteiger partial charge < -0.3 is 15.0 Å². The predicted molar refractivity (Wildman–Crippen MR) is 72.5 cm³/mol. The highest BCUT2D eigenvalue weighted by molar-refractivity contribution is 6.31. The first-order chi connectivity index (χ1) is 8.69. The van der Waals surface area contributed by atoms with Crippen LogP contribution in [-0.2, 0) is 4.79 Å². The van der Waals surface area contributed by atoms with Crippen LogP contribution in [0.3, 0.4) is 0 Å². The molecule has 96 valence electrons. The Morgan fingerprint density at radius 3 is 2.67 bits per heavy atom. The van der Waals surface area contributed by atoms with E-state index in [9.17, 15) is 4.79 Å². The minimum absolute atomic E-state index is 0.0508. The van der Waals surface area contributed by atoms with E-state index < -0.39 is 0 Å². The number of nitrogens with one attached hydrogen (secondary N) is 1. The number of carbonyl (C=O) groups excluding carboxylic acids is 1.